The van der Waals surface area contributed by atoms with Crippen molar-refractivity contribution < 1.29 is 9.59 Å². The summed E-state index contributed by atoms with van der Waals surface area (Å²) in [6, 6.07) is -0.778. The molecule has 0 aliphatic carbocycles. The molecule has 7 heteroatoms. The fourth-order valence-electron chi connectivity index (χ4n) is 2.70. The van der Waals surface area contributed by atoms with Crippen molar-refractivity contribution in [1.29, 1.82) is 0 Å². The number of hydrogen-bond acceptors (Lipinski definition) is 5. The maximum Gasteiger partial charge on any atom is 0.255 e. The molecule has 2 heterocycles. The van der Waals surface area contributed by atoms with Gasteiger partial charge in [-0.1, -0.05) is 0 Å². The summed E-state index contributed by atoms with van der Waals surface area (Å²) in [6.07, 6.45) is 0.775. The van der Waals surface area contributed by atoms with Gasteiger partial charge in [-0.2, -0.15) is 0 Å². The highest BCUT2D eigenvalue weighted by Crippen LogP contribution is 2.17. The van der Waals surface area contributed by atoms with E-state index in [0.717, 1.165) is 4.90 Å². The lowest BCUT2D eigenvalue weighted by atomic mass is 10.0. The van der Waals surface area contributed by atoms with Crippen LogP contribution in [0.4, 0.5) is 0 Å². The van der Waals surface area contributed by atoms with Gasteiger partial charge in [0.25, 0.3) is 5.56 Å². The quantitative estimate of drug-likeness (QED) is 0.775. The summed E-state index contributed by atoms with van der Waals surface area (Å²) in [5.41, 5.74) is 0.963. The molecule has 0 spiro atoms. The molecular formula is C14H20N4O3. The minimum atomic E-state index is -0.456. The normalized spacial score (nSPS) is 20.8. The predicted octanol–water partition coefficient (Wildman–Crippen LogP) is 0.185. The summed E-state index contributed by atoms with van der Waals surface area (Å²) in [7, 11) is 1.48. The summed E-state index contributed by atoms with van der Waals surface area (Å²) in [5, 5.41) is 3.13. The van der Waals surface area contributed by atoms with Crippen LogP contribution in [0.1, 0.15) is 42.9 Å². The Morgan fingerprint density at radius 1 is 1.33 bits per heavy atom. The lowest BCUT2D eigenvalue weighted by Crippen LogP contribution is -2.52. The van der Waals surface area contributed by atoms with Crippen molar-refractivity contribution in [3.05, 3.63) is 27.4 Å². The lowest BCUT2D eigenvalue weighted by molar-refractivity contribution is -0.148. The first kappa shape index (κ1) is 15.4. The summed E-state index contributed by atoms with van der Waals surface area (Å²) in [5.74, 6) is 0.136. The summed E-state index contributed by atoms with van der Waals surface area (Å²) >= 11 is 0. The van der Waals surface area contributed by atoms with Crippen molar-refractivity contribution in [3.63, 3.8) is 0 Å². The van der Waals surface area contributed by atoms with Crippen molar-refractivity contribution >= 4 is 11.8 Å². The first-order chi connectivity index (χ1) is 9.81. The number of carbonyl (C=O) groups excluding carboxylic acids is 2. The number of nitrogens with zero attached hydrogens (tertiary/aromatic N) is 2. The van der Waals surface area contributed by atoms with E-state index in [2.05, 4.69) is 15.3 Å². The average molecular weight is 292 g/mol. The van der Waals surface area contributed by atoms with E-state index in [0.29, 0.717) is 29.9 Å². The smallest absolute Gasteiger partial charge is 0.255 e. The second kappa shape index (κ2) is 5.77. The molecule has 1 aliphatic rings. The number of nitrogens with one attached hydrogen (secondary N) is 2. The highest BCUT2D eigenvalue weighted by atomic mass is 16.2. The molecule has 0 aromatic carbocycles. The molecule has 7 nitrogen and oxygen atoms in total. The van der Waals surface area contributed by atoms with Gasteiger partial charge in [-0.3, -0.25) is 24.6 Å². The Kier molecular flexibility index (Phi) is 4.22. The molecule has 0 saturated carbocycles. The SMILES string of the molecule is Cc1nc(C)c(C(C)NC2CCC(=O)N(C)C2=O)c(=O)[nH]1. The van der Waals surface area contributed by atoms with Crippen LogP contribution >= 0.6 is 0 Å². The summed E-state index contributed by atoms with van der Waals surface area (Å²) in [6.45, 7) is 5.31. The van der Waals surface area contributed by atoms with Crippen molar-refractivity contribution in [2.24, 2.45) is 0 Å². The molecule has 1 fully saturated rings. The van der Waals surface area contributed by atoms with E-state index in [-0.39, 0.29) is 23.4 Å². The lowest BCUT2D eigenvalue weighted by Gasteiger charge is -2.30. The Morgan fingerprint density at radius 2 is 2.00 bits per heavy atom. The number of imide groups is 1. The number of rotatable bonds is 3. The minimum Gasteiger partial charge on any atom is -0.310 e. The standard InChI is InChI=1S/C14H20N4O3/c1-7-12(13(20)17-9(3)15-7)8(2)16-10-5-6-11(19)18(4)14(10)21/h8,10,16H,5-6H2,1-4H3,(H,15,17,20). The van der Waals surface area contributed by atoms with Crippen molar-refractivity contribution in [1.82, 2.24) is 20.2 Å². The third-order valence-electron chi connectivity index (χ3n) is 3.80. The zero-order valence-electron chi connectivity index (χ0n) is 12.7. The van der Waals surface area contributed by atoms with E-state index in [1.165, 1.54) is 7.05 Å². The summed E-state index contributed by atoms with van der Waals surface area (Å²) in [4.78, 5) is 43.6. The Balaban J connectivity index is 2.19. The Labute approximate surface area is 122 Å². The molecule has 1 aromatic heterocycles. The molecule has 0 bridgehead atoms. The number of aryl methyl sites for hydroxylation is 2. The van der Waals surface area contributed by atoms with E-state index in [4.69, 9.17) is 0 Å². The zero-order chi connectivity index (χ0) is 15.7. The van der Waals surface area contributed by atoms with Crippen LogP contribution in [0.3, 0.4) is 0 Å². The number of hydrogen-bond donors (Lipinski definition) is 2. The zero-order valence-corrected chi connectivity index (χ0v) is 12.7. The van der Waals surface area contributed by atoms with Gasteiger partial charge in [0.2, 0.25) is 11.8 Å². The number of amides is 2. The topological polar surface area (TPSA) is 95.2 Å². The predicted molar refractivity (Wildman–Crippen MR) is 76.7 cm³/mol. The van der Waals surface area contributed by atoms with Gasteiger partial charge < -0.3 is 4.98 Å². The van der Waals surface area contributed by atoms with Crippen molar-refractivity contribution in [3.8, 4) is 0 Å². The van der Waals surface area contributed by atoms with Crippen LogP contribution in [-0.2, 0) is 9.59 Å². The monoisotopic (exact) mass is 292 g/mol. The second-order valence-corrected chi connectivity index (χ2v) is 5.42. The van der Waals surface area contributed by atoms with Crippen molar-refractivity contribution in [2.45, 2.75) is 45.7 Å². The van der Waals surface area contributed by atoms with Crippen LogP contribution in [0.15, 0.2) is 4.79 Å². The third kappa shape index (κ3) is 3.02. The van der Waals surface area contributed by atoms with Gasteiger partial charge in [0.05, 0.1) is 11.6 Å². The number of aromatic amines is 1. The molecule has 21 heavy (non-hydrogen) atoms. The fraction of sp³-hybridized carbons (Fsp3) is 0.571. The molecule has 2 atom stereocenters. The fourth-order valence-corrected chi connectivity index (χ4v) is 2.70. The summed E-state index contributed by atoms with van der Waals surface area (Å²) < 4.78 is 0. The molecule has 1 aliphatic heterocycles. The molecule has 1 aromatic rings. The van der Waals surface area contributed by atoms with E-state index >= 15 is 0 Å². The second-order valence-electron chi connectivity index (χ2n) is 5.42. The number of aromatic nitrogens is 2. The molecule has 0 radical (unpaired) electrons. The maximum absolute atomic E-state index is 12.1. The van der Waals surface area contributed by atoms with Gasteiger partial charge >= 0.3 is 0 Å². The van der Waals surface area contributed by atoms with Crippen molar-refractivity contribution in [2.75, 3.05) is 7.05 Å². The van der Waals surface area contributed by atoms with E-state index in [1.54, 1.807) is 13.8 Å². The number of H-pyrrole nitrogens is 1. The third-order valence-corrected chi connectivity index (χ3v) is 3.80. The van der Waals surface area contributed by atoms with Crippen LogP contribution in [0.5, 0.6) is 0 Å². The Hall–Kier alpha value is -2.02. The minimum absolute atomic E-state index is 0.170. The highest BCUT2D eigenvalue weighted by Gasteiger charge is 2.33. The van der Waals surface area contributed by atoms with Gasteiger partial charge in [-0.15, -0.1) is 0 Å². The Morgan fingerprint density at radius 3 is 2.62 bits per heavy atom. The van der Waals surface area contributed by atoms with Crippen LogP contribution < -0.4 is 10.9 Å². The van der Waals surface area contributed by atoms with E-state index < -0.39 is 6.04 Å². The first-order valence-electron chi connectivity index (χ1n) is 6.95. The maximum atomic E-state index is 12.1. The number of likely N-dealkylation sites (N-methyl/N-ethyl adjacent to an activating group) is 1. The number of carbonyl (C=O) groups is 2. The molecule has 2 rings (SSSR count). The molecular weight excluding hydrogens is 272 g/mol. The van der Waals surface area contributed by atoms with Crippen LogP contribution in [0, 0.1) is 13.8 Å². The van der Waals surface area contributed by atoms with E-state index in [1.807, 2.05) is 6.92 Å². The largest absolute Gasteiger partial charge is 0.310 e. The van der Waals surface area contributed by atoms with Crippen LogP contribution in [0.25, 0.3) is 0 Å². The Bertz CT molecular complexity index is 638. The first-order valence-corrected chi connectivity index (χ1v) is 6.95. The number of piperidine rings is 1. The molecule has 2 unspecified atom stereocenters. The van der Waals surface area contributed by atoms with Gasteiger partial charge in [0, 0.05) is 25.2 Å². The van der Waals surface area contributed by atoms with Gasteiger partial charge in [-0.25, -0.2) is 4.98 Å². The number of likely N-dealkylation sites (tertiary alicyclic amines) is 1. The van der Waals surface area contributed by atoms with Crippen LogP contribution in [-0.4, -0.2) is 39.8 Å². The van der Waals surface area contributed by atoms with Gasteiger partial charge in [0.1, 0.15) is 5.82 Å². The average Bonchev–Trinajstić information content (AvgIpc) is 2.38. The molecule has 1 saturated heterocycles. The molecule has 114 valence electrons. The highest BCUT2D eigenvalue weighted by molar-refractivity contribution is 6.00. The molecule has 2 amide bonds. The molecule has 2 N–H and O–H groups in total. The van der Waals surface area contributed by atoms with Gasteiger partial charge in [0.15, 0.2) is 0 Å². The van der Waals surface area contributed by atoms with E-state index in [9.17, 15) is 14.4 Å². The van der Waals surface area contributed by atoms with Gasteiger partial charge in [-0.05, 0) is 27.2 Å². The van der Waals surface area contributed by atoms with Crippen LogP contribution in [0.2, 0.25) is 0 Å².